The third kappa shape index (κ3) is 4.88. The molecule has 2 aliphatic heterocycles. The number of nitrogens with zero attached hydrogens (tertiary/aromatic N) is 1. The number of rotatable bonds is 6. The molecular formula is C21H23ClN2O5S. The fourth-order valence-electron chi connectivity index (χ4n) is 3.68. The van der Waals surface area contributed by atoms with Crippen LogP contribution in [0.2, 0.25) is 5.02 Å². The lowest BCUT2D eigenvalue weighted by atomic mass is 9.98. The van der Waals surface area contributed by atoms with E-state index >= 15 is 0 Å². The highest BCUT2D eigenvalue weighted by Gasteiger charge is 2.32. The van der Waals surface area contributed by atoms with E-state index in [0.717, 1.165) is 5.56 Å². The van der Waals surface area contributed by atoms with E-state index in [0.29, 0.717) is 48.0 Å². The summed E-state index contributed by atoms with van der Waals surface area (Å²) in [6.45, 7) is 1.18. The van der Waals surface area contributed by atoms with E-state index in [1.165, 1.54) is 4.31 Å². The molecule has 9 heteroatoms. The number of carbonyl (C=O) groups excluding carboxylic acids is 1. The number of piperidine rings is 1. The molecule has 0 radical (unpaired) electrons. The maximum Gasteiger partial charge on any atom is 0.231 e. The number of hydrogen-bond acceptors (Lipinski definition) is 5. The molecule has 0 unspecified atom stereocenters. The van der Waals surface area contributed by atoms with Gasteiger partial charge in [0.25, 0.3) is 0 Å². The Morgan fingerprint density at radius 1 is 1.10 bits per heavy atom. The van der Waals surface area contributed by atoms with Crippen molar-refractivity contribution in [2.24, 2.45) is 5.92 Å². The van der Waals surface area contributed by atoms with Gasteiger partial charge in [-0.05, 0) is 48.2 Å². The minimum absolute atomic E-state index is 0.101. The fraction of sp³-hybridized carbons (Fsp3) is 0.381. The van der Waals surface area contributed by atoms with Crippen LogP contribution in [0, 0.1) is 5.92 Å². The first-order valence-corrected chi connectivity index (χ1v) is 11.8. The van der Waals surface area contributed by atoms with Gasteiger partial charge in [-0.1, -0.05) is 29.8 Å². The van der Waals surface area contributed by atoms with E-state index in [1.54, 1.807) is 24.3 Å². The van der Waals surface area contributed by atoms with Crippen LogP contribution in [0.1, 0.15) is 24.0 Å². The number of sulfonamides is 1. The van der Waals surface area contributed by atoms with Crippen molar-refractivity contribution >= 4 is 27.5 Å². The first-order chi connectivity index (χ1) is 14.4. The summed E-state index contributed by atoms with van der Waals surface area (Å²) in [6, 6.07) is 12.3. The minimum atomic E-state index is -3.51. The van der Waals surface area contributed by atoms with E-state index in [1.807, 2.05) is 18.2 Å². The van der Waals surface area contributed by atoms with Crippen LogP contribution < -0.4 is 14.8 Å². The van der Waals surface area contributed by atoms with Gasteiger partial charge >= 0.3 is 0 Å². The van der Waals surface area contributed by atoms with Crippen LogP contribution in [0.5, 0.6) is 11.5 Å². The topological polar surface area (TPSA) is 84.9 Å². The lowest BCUT2D eigenvalue weighted by Gasteiger charge is -2.31. The maximum absolute atomic E-state index is 12.8. The van der Waals surface area contributed by atoms with Crippen LogP contribution in [0.25, 0.3) is 0 Å². The molecule has 2 aromatic carbocycles. The number of fused-ring (bicyclic) bond motifs is 1. The molecule has 0 aromatic heterocycles. The van der Waals surface area contributed by atoms with Crippen molar-refractivity contribution in [3.8, 4) is 11.5 Å². The number of carbonyl (C=O) groups is 1. The van der Waals surface area contributed by atoms with Crippen molar-refractivity contribution in [3.63, 3.8) is 0 Å². The standard InChI is InChI=1S/C21H23ClN2O5S/c22-18-6-3-15(4-7-18)13-30(26,27)24-9-1-2-17(12-24)21(25)23-11-16-5-8-19-20(10-16)29-14-28-19/h3-8,10,17H,1-2,9,11-14H2,(H,23,25)/t17-/m1/s1. The summed E-state index contributed by atoms with van der Waals surface area (Å²) in [7, 11) is -3.51. The van der Waals surface area contributed by atoms with Gasteiger partial charge in [0.1, 0.15) is 0 Å². The summed E-state index contributed by atoms with van der Waals surface area (Å²) in [4.78, 5) is 12.7. The summed E-state index contributed by atoms with van der Waals surface area (Å²) in [5.41, 5.74) is 1.57. The summed E-state index contributed by atoms with van der Waals surface area (Å²) < 4.78 is 37.7. The third-order valence-corrected chi connectivity index (χ3v) is 7.38. The summed E-state index contributed by atoms with van der Waals surface area (Å²) in [6.07, 6.45) is 1.32. The second-order valence-corrected chi connectivity index (χ2v) is 9.89. The minimum Gasteiger partial charge on any atom is -0.454 e. The number of nitrogens with one attached hydrogen (secondary N) is 1. The van der Waals surface area contributed by atoms with Gasteiger partial charge in [0.05, 0.1) is 11.7 Å². The molecule has 1 fully saturated rings. The van der Waals surface area contributed by atoms with E-state index in [-0.39, 0.29) is 30.9 Å². The van der Waals surface area contributed by atoms with Crippen LogP contribution >= 0.6 is 11.6 Å². The summed E-state index contributed by atoms with van der Waals surface area (Å²) in [5.74, 6) is 0.750. The second kappa shape index (κ2) is 8.83. The van der Waals surface area contributed by atoms with Crippen molar-refractivity contribution in [1.82, 2.24) is 9.62 Å². The molecule has 2 aliphatic rings. The van der Waals surface area contributed by atoms with Crippen LogP contribution in [0.15, 0.2) is 42.5 Å². The quantitative estimate of drug-likeness (QED) is 0.731. The molecule has 1 atom stereocenters. The van der Waals surface area contributed by atoms with E-state index in [2.05, 4.69) is 5.32 Å². The SMILES string of the molecule is O=C(NCc1ccc2c(c1)OCO2)[C@@H]1CCCN(S(=O)(=O)Cc2ccc(Cl)cc2)C1. The Balaban J connectivity index is 1.34. The molecule has 30 heavy (non-hydrogen) atoms. The Morgan fingerprint density at radius 3 is 2.63 bits per heavy atom. The second-order valence-electron chi connectivity index (χ2n) is 7.49. The van der Waals surface area contributed by atoms with Crippen LogP contribution in [0.3, 0.4) is 0 Å². The number of ether oxygens (including phenoxy) is 2. The largest absolute Gasteiger partial charge is 0.454 e. The lowest BCUT2D eigenvalue weighted by molar-refractivity contribution is -0.126. The molecule has 0 saturated carbocycles. The molecule has 4 rings (SSSR count). The molecule has 2 aromatic rings. The average Bonchev–Trinajstić information content (AvgIpc) is 3.21. The molecule has 1 saturated heterocycles. The van der Waals surface area contributed by atoms with Gasteiger partial charge in [-0.15, -0.1) is 0 Å². The molecule has 160 valence electrons. The van der Waals surface area contributed by atoms with Crippen molar-refractivity contribution in [1.29, 1.82) is 0 Å². The third-order valence-electron chi connectivity index (χ3n) is 5.31. The molecular weight excluding hydrogens is 428 g/mol. The number of hydrogen-bond donors (Lipinski definition) is 1. The molecule has 1 amide bonds. The van der Waals surface area contributed by atoms with Gasteiger partial charge in [-0.3, -0.25) is 4.79 Å². The Labute approximate surface area is 181 Å². The van der Waals surface area contributed by atoms with Crippen molar-refractivity contribution < 1.29 is 22.7 Å². The first-order valence-electron chi connectivity index (χ1n) is 9.79. The van der Waals surface area contributed by atoms with Crippen LogP contribution in [0.4, 0.5) is 0 Å². The predicted octanol–water partition coefficient (Wildman–Crippen LogP) is 2.93. The predicted molar refractivity (Wildman–Crippen MR) is 113 cm³/mol. The van der Waals surface area contributed by atoms with Crippen molar-refractivity contribution in [2.75, 3.05) is 19.9 Å². The molecule has 7 nitrogen and oxygen atoms in total. The van der Waals surface area contributed by atoms with Gasteiger partial charge in [0.2, 0.25) is 22.7 Å². The highest BCUT2D eigenvalue weighted by molar-refractivity contribution is 7.88. The van der Waals surface area contributed by atoms with Gasteiger partial charge in [-0.2, -0.15) is 0 Å². The zero-order chi connectivity index (χ0) is 21.1. The first kappa shape index (κ1) is 21.0. The normalized spacial score (nSPS) is 18.9. The van der Waals surface area contributed by atoms with Gasteiger partial charge in [0, 0.05) is 24.7 Å². The average molecular weight is 451 g/mol. The molecule has 1 N–H and O–H groups in total. The zero-order valence-corrected chi connectivity index (χ0v) is 17.9. The van der Waals surface area contributed by atoms with Crippen LogP contribution in [-0.2, 0) is 27.1 Å². The van der Waals surface area contributed by atoms with E-state index in [9.17, 15) is 13.2 Å². The number of halogens is 1. The summed E-state index contributed by atoms with van der Waals surface area (Å²) in [5, 5.41) is 3.48. The fourth-order valence-corrected chi connectivity index (χ4v) is 5.41. The Bertz CT molecular complexity index is 1030. The van der Waals surface area contributed by atoms with Crippen LogP contribution in [-0.4, -0.2) is 38.5 Å². The van der Waals surface area contributed by atoms with E-state index < -0.39 is 10.0 Å². The Kier molecular flexibility index (Phi) is 6.17. The highest BCUT2D eigenvalue weighted by atomic mass is 35.5. The smallest absolute Gasteiger partial charge is 0.231 e. The monoisotopic (exact) mass is 450 g/mol. The van der Waals surface area contributed by atoms with Crippen molar-refractivity contribution in [2.45, 2.75) is 25.1 Å². The Hall–Kier alpha value is -2.29. The summed E-state index contributed by atoms with van der Waals surface area (Å²) >= 11 is 5.87. The molecule has 0 aliphatic carbocycles. The molecule has 2 heterocycles. The van der Waals surface area contributed by atoms with Gasteiger partial charge in [0.15, 0.2) is 11.5 Å². The maximum atomic E-state index is 12.8. The Morgan fingerprint density at radius 2 is 1.83 bits per heavy atom. The highest BCUT2D eigenvalue weighted by Crippen LogP contribution is 2.32. The van der Waals surface area contributed by atoms with Gasteiger partial charge < -0.3 is 14.8 Å². The zero-order valence-electron chi connectivity index (χ0n) is 16.3. The van der Waals surface area contributed by atoms with Gasteiger partial charge in [-0.25, -0.2) is 12.7 Å². The molecule has 0 spiro atoms. The lowest BCUT2D eigenvalue weighted by Crippen LogP contribution is -2.45. The number of amides is 1. The molecule has 0 bridgehead atoms. The van der Waals surface area contributed by atoms with E-state index in [4.69, 9.17) is 21.1 Å². The van der Waals surface area contributed by atoms with Crippen molar-refractivity contribution in [3.05, 3.63) is 58.6 Å². The number of benzene rings is 2.